The third-order valence-electron chi connectivity index (χ3n) is 3.94. The van der Waals surface area contributed by atoms with E-state index in [1.54, 1.807) is 0 Å². The van der Waals surface area contributed by atoms with Crippen LogP contribution in [0.15, 0.2) is 60.1 Å². The Labute approximate surface area is 157 Å². The molecule has 0 spiro atoms. The molecule has 1 heterocycles. The number of amides is 1. The van der Waals surface area contributed by atoms with Crippen LogP contribution in [0.5, 0.6) is 5.75 Å². The van der Waals surface area contributed by atoms with Crippen LogP contribution in [0.25, 0.3) is 10.2 Å². The van der Waals surface area contributed by atoms with Gasteiger partial charge in [-0.05, 0) is 37.6 Å². The van der Waals surface area contributed by atoms with Crippen molar-refractivity contribution in [2.75, 3.05) is 6.61 Å². The Kier molecular flexibility index (Phi) is 5.68. The van der Waals surface area contributed by atoms with Crippen LogP contribution in [0.4, 0.5) is 0 Å². The molecule has 0 bridgehead atoms. The average Bonchev–Trinajstić information content (AvgIpc) is 2.92. The lowest BCUT2D eigenvalue weighted by Gasteiger charge is -2.04. The van der Waals surface area contributed by atoms with Crippen molar-refractivity contribution < 1.29 is 9.53 Å². The number of aromatic nitrogens is 1. The van der Waals surface area contributed by atoms with Crippen LogP contribution >= 0.6 is 11.3 Å². The predicted octanol–water partition coefficient (Wildman–Crippen LogP) is 4.27. The molecule has 0 N–H and O–H groups in total. The van der Waals surface area contributed by atoms with Crippen molar-refractivity contribution in [2.24, 2.45) is 4.99 Å². The first kappa shape index (κ1) is 18.1. The SMILES string of the molecule is C=CCn1c(=NC(=O)Cc2cccc(C)c2)sc2cc(OCC)ccc21. The predicted molar refractivity (Wildman–Crippen MR) is 107 cm³/mol. The van der Waals surface area contributed by atoms with Crippen molar-refractivity contribution in [1.29, 1.82) is 0 Å². The third-order valence-corrected chi connectivity index (χ3v) is 4.98. The number of aryl methyl sites for hydroxylation is 1. The number of nitrogens with zero attached hydrogens (tertiary/aromatic N) is 2. The molecule has 2 aromatic carbocycles. The minimum Gasteiger partial charge on any atom is -0.494 e. The minimum absolute atomic E-state index is 0.148. The molecule has 0 unspecified atom stereocenters. The van der Waals surface area contributed by atoms with Gasteiger partial charge >= 0.3 is 0 Å². The van der Waals surface area contributed by atoms with Crippen molar-refractivity contribution in [3.05, 3.63) is 71.0 Å². The highest BCUT2D eigenvalue weighted by atomic mass is 32.1. The maximum absolute atomic E-state index is 12.5. The molecule has 4 nitrogen and oxygen atoms in total. The molecule has 26 heavy (non-hydrogen) atoms. The van der Waals surface area contributed by atoms with Crippen molar-refractivity contribution in [1.82, 2.24) is 4.57 Å². The summed E-state index contributed by atoms with van der Waals surface area (Å²) in [5.74, 6) is 0.676. The summed E-state index contributed by atoms with van der Waals surface area (Å²) in [5.41, 5.74) is 3.15. The second-order valence-electron chi connectivity index (χ2n) is 6.02. The molecule has 0 fully saturated rings. The molecule has 0 radical (unpaired) electrons. The number of benzene rings is 2. The monoisotopic (exact) mass is 366 g/mol. The van der Waals surface area contributed by atoms with Gasteiger partial charge in [0.05, 0.1) is 23.2 Å². The molecule has 0 saturated heterocycles. The molecule has 0 saturated carbocycles. The minimum atomic E-state index is -0.148. The van der Waals surface area contributed by atoms with Crippen LogP contribution in [-0.4, -0.2) is 17.1 Å². The quantitative estimate of drug-likeness (QED) is 0.612. The smallest absolute Gasteiger partial charge is 0.252 e. The maximum atomic E-state index is 12.5. The molecule has 0 aliphatic heterocycles. The van der Waals surface area contributed by atoms with Crippen LogP contribution in [0.1, 0.15) is 18.1 Å². The van der Waals surface area contributed by atoms with Crippen molar-refractivity contribution in [3.63, 3.8) is 0 Å². The van der Waals surface area contributed by atoms with Crippen LogP contribution < -0.4 is 9.54 Å². The normalized spacial score (nSPS) is 11.7. The summed E-state index contributed by atoms with van der Waals surface area (Å²) in [6.45, 7) is 9.02. The highest BCUT2D eigenvalue weighted by Crippen LogP contribution is 2.23. The van der Waals surface area contributed by atoms with E-state index in [9.17, 15) is 4.79 Å². The van der Waals surface area contributed by atoms with Crippen LogP contribution in [-0.2, 0) is 17.8 Å². The number of hydrogen-bond donors (Lipinski definition) is 0. The van der Waals surface area contributed by atoms with Gasteiger partial charge < -0.3 is 9.30 Å². The van der Waals surface area contributed by atoms with E-state index in [0.29, 0.717) is 24.4 Å². The largest absolute Gasteiger partial charge is 0.494 e. The van der Waals surface area contributed by atoms with E-state index in [0.717, 1.165) is 27.1 Å². The van der Waals surface area contributed by atoms with E-state index in [1.807, 2.05) is 67.0 Å². The molecule has 3 aromatic rings. The van der Waals surface area contributed by atoms with Gasteiger partial charge in [-0.3, -0.25) is 4.79 Å². The van der Waals surface area contributed by atoms with Gasteiger partial charge in [0.15, 0.2) is 4.80 Å². The number of hydrogen-bond acceptors (Lipinski definition) is 3. The Hall–Kier alpha value is -2.66. The third kappa shape index (κ3) is 4.11. The van der Waals surface area contributed by atoms with Crippen molar-refractivity contribution in [3.8, 4) is 5.75 Å². The number of allylic oxidation sites excluding steroid dienone is 1. The zero-order valence-corrected chi connectivity index (χ0v) is 15.9. The lowest BCUT2D eigenvalue weighted by Crippen LogP contribution is -2.16. The second-order valence-corrected chi connectivity index (χ2v) is 7.03. The van der Waals surface area contributed by atoms with Crippen molar-refractivity contribution >= 4 is 27.5 Å². The first-order valence-electron chi connectivity index (χ1n) is 8.61. The first-order valence-corrected chi connectivity index (χ1v) is 9.42. The number of ether oxygens (including phenoxy) is 1. The maximum Gasteiger partial charge on any atom is 0.252 e. The topological polar surface area (TPSA) is 43.6 Å². The molecular weight excluding hydrogens is 344 g/mol. The van der Waals surface area contributed by atoms with E-state index < -0.39 is 0 Å². The van der Waals surface area contributed by atoms with Gasteiger partial charge in [-0.25, -0.2) is 0 Å². The summed E-state index contributed by atoms with van der Waals surface area (Å²) in [6.07, 6.45) is 2.11. The average molecular weight is 366 g/mol. The summed E-state index contributed by atoms with van der Waals surface area (Å²) < 4.78 is 8.63. The molecule has 0 aliphatic rings. The van der Waals surface area contributed by atoms with E-state index in [2.05, 4.69) is 11.6 Å². The van der Waals surface area contributed by atoms with Gasteiger partial charge in [-0.2, -0.15) is 4.99 Å². The van der Waals surface area contributed by atoms with Crippen LogP contribution in [0, 0.1) is 6.92 Å². The van der Waals surface area contributed by atoms with Crippen LogP contribution in [0.3, 0.4) is 0 Å². The van der Waals surface area contributed by atoms with Crippen LogP contribution in [0.2, 0.25) is 0 Å². The molecular formula is C21H22N2O2S. The fraction of sp³-hybridized carbons (Fsp3) is 0.238. The summed E-state index contributed by atoms with van der Waals surface area (Å²) >= 11 is 1.49. The van der Waals surface area contributed by atoms with E-state index in [4.69, 9.17) is 4.74 Å². The van der Waals surface area contributed by atoms with Gasteiger partial charge in [0.2, 0.25) is 0 Å². The van der Waals surface area contributed by atoms with Gasteiger partial charge in [0, 0.05) is 6.54 Å². The lowest BCUT2D eigenvalue weighted by atomic mass is 10.1. The standard InChI is InChI=1S/C21H22N2O2S/c1-4-11-23-18-10-9-17(25-5-2)14-19(18)26-21(23)22-20(24)13-16-8-6-7-15(3)12-16/h4,6-10,12,14H,1,5,11,13H2,2-3H3. The summed E-state index contributed by atoms with van der Waals surface area (Å²) in [4.78, 5) is 17.5. The van der Waals surface area contributed by atoms with E-state index >= 15 is 0 Å². The van der Waals surface area contributed by atoms with Crippen molar-refractivity contribution in [2.45, 2.75) is 26.8 Å². The zero-order valence-electron chi connectivity index (χ0n) is 15.1. The Morgan fingerprint density at radius 1 is 1.31 bits per heavy atom. The molecule has 0 aliphatic carbocycles. The Bertz CT molecular complexity index is 1010. The number of rotatable bonds is 6. The van der Waals surface area contributed by atoms with Gasteiger partial charge in [-0.1, -0.05) is 47.2 Å². The Morgan fingerprint density at radius 2 is 2.15 bits per heavy atom. The molecule has 134 valence electrons. The zero-order chi connectivity index (χ0) is 18.5. The molecule has 0 atom stereocenters. The molecule has 1 aromatic heterocycles. The van der Waals surface area contributed by atoms with E-state index in [1.165, 1.54) is 11.3 Å². The highest BCUT2D eigenvalue weighted by Gasteiger charge is 2.09. The highest BCUT2D eigenvalue weighted by molar-refractivity contribution is 7.16. The summed E-state index contributed by atoms with van der Waals surface area (Å²) in [5, 5.41) is 0. The molecule has 5 heteroatoms. The number of thiazole rings is 1. The lowest BCUT2D eigenvalue weighted by molar-refractivity contribution is -0.117. The molecule has 3 rings (SSSR count). The number of fused-ring (bicyclic) bond motifs is 1. The fourth-order valence-electron chi connectivity index (χ4n) is 2.84. The summed E-state index contributed by atoms with van der Waals surface area (Å²) in [6, 6.07) is 13.9. The Balaban J connectivity index is 1.98. The number of carbonyl (C=O) groups excluding carboxylic acids is 1. The second kappa shape index (κ2) is 8.15. The van der Waals surface area contributed by atoms with Gasteiger partial charge in [0.25, 0.3) is 5.91 Å². The van der Waals surface area contributed by atoms with Gasteiger partial charge in [0.1, 0.15) is 5.75 Å². The van der Waals surface area contributed by atoms with Gasteiger partial charge in [-0.15, -0.1) is 6.58 Å². The Morgan fingerprint density at radius 3 is 2.88 bits per heavy atom. The van der Waals surface area contributed by atoms with E-state index in [-0.39, 0.29) is 5.91 Å². The number of carbonyl (C=O) groups is 1. The summed E-state index contributed by atoms with van der Waals surface area (Å²) in [7, 11) is 0. The first-order chi connectivity index (χ1) is 12.6. The fourth-order valence-corrected chi connectivity index (χ4v) is 3.93. The molecule has 1 amide bonds.